The third-order valence-corrected chi connectivity index (χ3v) is 6.14. The summed E-state index contributed by atoms with van der Waals surface area (Å²) in [7, 11) is 3.36. The summed E-state index contributed by atoms with van der Waals surface area (Å²) >= 11 is 0. The van der Waals surface area contributed by atoms with Gasteiger partial charge in [-0.25, -0.2) is 0 Å². The summed E-state index contributed by atoms with van der Waals surface area (Å²) in [6.45, 7) is 1.78. The molecule has 0 atom stereocenters. The lowest BCUT2D eigenvalue weighted by Gasteiger charge is -2.38. The number of fused-ring (bicyclic) bond motifs is 1. The lowest BCUT2D eigenvalue weighted by molar-refractivity contribution is 0.0487. The van der Waals surface area contributed by atoms with Crippen molar-refractivity contribution in [2.24, 2.45) is 7.05 Å². The van der Waals surface area contributed by atoms with Gasteiger partial charge in [0.1, 0.15) is 5.75 Å². The molecule has 2 heterocycles. The summed E-state index contributed by atoms with van der Waals surface area (Å²) in [5, 5.41) is 3.87. The van der Waals surface area contributed by atoms with Crippen LogP contribution in [0, 0.1) is 0 Å². The molecule has 0 saturated carbocycles. The molecule has 1 aliphatic rings. The van der Waals surface area contributed by atoms with Crippen LogP contribution < -0.4 is 15.6 Å². The highest BCUT2D eigenvalue weighted by Crippen LogP contribution is 2.35. The highest BCUT2D eigenvalue weighted by molar-refractivity contribution is 6.06. The van der Waals surface area contributed by atoms with Crippen LogP contribution >= 0.6 is 0 Å². The standard InChI is InChI=1S/C24H26N2O4/c1-26-21-6-4-3-5-19(21)20(15-22(26)27)23(28)25-16-24(11-13-30-14-12-24)17-7-9-18(29-2)10-8-17/h3-10,15H,11-14,16H2,1-2H3,(H,25,28). The largest absolute Gasteiger partial charge is 0.497 e. The van der Waals surface area contributed by atoms with Gasteiger partial charge in [0.25, 0.3) is 11.5 Å². The molecule has 0 radical (unpaired) electrons. The number of aryl methyl sites for hydroxylation is 1. The number of rotatable bonds is 5. The molecule has 6 heteroatoms. The maximum absolute atomic E-state index is 13.1. The first-order chi connectivity index (χ1) is 14.5. The van der Waals surface area contributed by atoms with Crippen LogP contribution in [0.1, 0.15) is 28.8 Å². The Balaban J connectivity index is 1.63. The highest BCUT2D eigenvalue weighted by atomic mass is 16.5. The molecule has 1 N–H and O–H groups in total. The van der Waals surface area contributed by atoms with E-state index in [1.807, 2.05) is 36.4 Å². The monoisotopic (exact) mass is 406 g/mol. The number of amides is 1. The van der Waals surface area contributed by atoms with Crippen molar-refractivity contribution in [2.45, 2.75) is 18.3 Å². The normalized spacial score (nSPS) is 15.7. The summed E-state index contributed by atoms with van der Waals surface area (Å²) in [6, 6.07) is 16.9. The molecular weight excluding hydrogens is 380 g/mol. The van der Waals surface area contributed by atoms with Gasteiger partial charge >= 0.3 is 0 Å². The molecule has 0 bridgehead atoms. The van der Waals surface area contributed by atoms with Crippen LogP contribution in [0.25, 0.3) is 10.9 Å². The quantitative estimate of drug-likeness (QED) is 0.707. The van der Waals surface area contributed by atoms with Crippen molar-refractivity contribution in [1.82, 2.24) is 9.88 Å². The Labute approximate surface area is 175 Å². The van der Waals surface area contributed by atoms with Gasteiger partial charge in [-0.05, 0) is 36.6 Å². The van der Waals surface area contributed by atoms with Crippen LogP contribution in [0.2, 0.25) is 0 Å². The minimum Gasteiger partial charge on any atom is -0.497 e. The summed E-state index contributed by atoms with van der Waals surface area (Å²) in [4.78, 5) is 25.5. The molecule has 1 amide bonds. The van der Waals surface area contributed by atoms with Gasteiger partial charge in [0.05, 0.1) is 18.2 Å². The average Bonchev–Trinajstić information content (AvgIpc) is 2.80. The highest BCUT2D eigenvalue weighted by Gasteiger charge is 2.35. The molecule has 1 aromatic heterocycles. The van der Waals surface area contributed by atoms with Crippen molar-refractivity contribution in [3.05, 3.63) is 76.1 Å². The first kappa shape index (κ1) is 20.2. The van der Waals surface area contributed by atoms with E-state index in [9.17, 15) is 9.59 Å². The second-order valence-electron chi connectivity index (χ2n) is 7.78. The Hall–Kier alpha value is -3.12. The fraction of sp³-hybridized carbons (Fsp3) is 0.333. The van der Waals surface area contributed by atoms with Crippen molar-refractivity contribution in [1.29, 1.82) is 0 Å². The maximum atomic E-state index is 13.1. The zero-order chi connectivity index (χ0) is 21.1. The molecule has 1 aliphatic heterocycles. The van der Waals surface area contributed by atoms with Gasteiger partial charge in [-0.2, -0.15) is 0 Å². The number of methoxy groups -OCH3 is 1. The molecule has 0 spiro atoms. The van der Waals surface area contributed by atoms with Crippen molar-refractivity contribution in [3.8, 4) is 5.75 Å². The van der Waals surface area contributed by atoms with Crippen LogP contribution in [0.4, 0.5) is 0 Å². The van der Waals surface area contributed by atoms with E-state index < -0.39 is 0 Å². The number of aromatic nitrogens is 1. The Morgan fingerprint density at radius 1 is 1.13 bits per heavy atom. The van der Waals surface area contributed by atoms with E-state index in [-0.39, 0.29) is 16.9 Å². The molecule has 0 unspecified atom stereocenters. The van der Waals surface area contributed by atoms with E-state index in [1.165, 1.54) is 6.07 Å². The smallest absolute Gasteiger partial charge is 0.252 e. The van der Waals surface area contributed by atoms with Gasteiger partial charge in [-0.3, -0.25) is 9.59 Å². The lowest BCUT2D eigenvalue weighted by atomic mass is 9.74. The number of hydrogen-bond donors (Lipinski definition) is 1. The molecule has 156 valence electrons. The molecular formula is C24H26N2O4. The van der Waals surface area contributed by atoms with Crippen molar-refractivity contribution < 1.29 is 14.3 Å². The van der Waals surface area contributed by atoms with Gasteiger partial charge < -0.3 is 19.4 Å². The second-order valence-corrected chi connectivity index (χ2v) is 7.78. The van der Waals surface area contributed by atoms with Gasteiger partial charge in [-0.15, -0.1) is 0 Å². The van der Waals surface area contributed by atoms with E-state index in [0.29, 0.717) is 25.3 Å². The first-order valence-electron chi connectivity index (χ1n) is 10.1. The summed E-state index contributed by atoms with van der Waals surface area (Å²) < 4.78 is 12.4. The minimum atomic E-state index is -0.233. The number of pyridine rings is 1. The molecule has 4 rings (SSSR count). The number of nitrogens with one attached hydrogen (secondary N) is 1. The predicted octanol–water partition coefficient (Wildman–Crippen LogP) is 3.03. The van der Waals surface area contributed by atoms with Crippen molar-refractivity contribution in [3.63, 3.8) is 0 Å². The zero-order valence-corrected chi connectivity index (χ0v) is 17.3. The van der Waals surface area contributed by atoms with E-state index in [4.69, 9.17) is 9.47 Å². The number of para-hydroxylation sites is 1. The summed E-state index contributed by atoms with van der Waals surface area (Å²) in [5.74, 6) is 0.569. The van der Waals surface area contributed by atoms with Gasteiger partial charge in [0.2, 0.25) is 0 Å². The van der Waals surface area contributed by atoms with Gasteiger partial charge in [0, 0.05) is 43.7 Å². The number of nitrogens with zero attached hydrogens (tertiary/aromatic N) is 1. The van der Waals surface area contributed by atoms with Crippen LogP contribution in [0.15, 0.2) is 59.4 Å². The van der Waals surface area contributed by atoms with E-state index in [1.54, 1.807) is 18.7 Å². The summed E-state index contributed by atoms with van der Waals surface area (Å²) in [6.07, 6.45) is 1.63. The Bertz CT molecular complexity index is 1110. The average molecular weight is 406 g/mol. The van der Waals surface area contributed by atoms with Gasteiger partial charge in [0.15, 0.2) is 0 Å². The number of carbonyl (C=O) groups excluding carboxylic acids is 1. The Morgan fingerprint density at radius 2 is 1.83 bits per heavy atom. The first-order valence-corrected chi connectivity index (χ1v) is 10.1. The number of benzene rings is 2. The molecule has 1 saturated heterocycles. The molecule has 6 nitrogen and oxygen atoms in total. The zero-order valence-electron chi connectivity index (χ0n) is 17.3. The third-order valence-electron chi connectivity index (χ3n) is 6.14. The van der Waals surface area contributed by atoms with Crippen molar-refractivity contribution >= 4 is 16.8 Å². The molecule has 0 aliphatic carbocycles. The fourth-order valence-corrected chi connectivity index (χ4v) is 4.22. The van der Waals surface area contributed by atoms with Crippen molar-refractivity contribution in [2.75, 3.05) is 26.9 Å². The lowest BCUT2D eigenvalue weighted by Crippen LogP contribution is -2.44. The number of hydrogen-bond acceptors (Lipinski definition) is 4. The predicted molar refractivity (Wildman–Crippen MR) is 116 cm³/mol. The fourth-order valence-electron chi connectivity index (χ4n) is 4.22. The molecule has 30 heavy (non-hydrogen) atoms. The molecule has 2 aromatic carbocycles. The molecule has 3 aromatic rings. The minimum absolute atomic E-state index is 0.199. The van der Waals surface area contributed by atoms with Gasteiger partial charge in [-0.1, -0.05) is 30.3 Å². The van der Waals surface area contributed by atoms with Crippen LogP contribution in [0.3, 0.4) is 0 Å². The van der Waals surface area contributed by atoms with E-state index >= 15 is 0 Å². The van der Waals surface area contributed by atoms with Crippen LogP contribution in [-0.4, -0.2) is 37.3 Å². The third kappa shape index (κ3) is 3.71. The second kappa shape index (κ2) is 8.32. The maximum Gasteiger partial charge on any atom is 0.252 e. The summed E-state index contributed by atoms with van der Waals surface area (Å²) in [5.41, 5.74) is 1.89. The Morgan fingerprint density at radius 3 is 2.53 bits per heavy atom. The van der Waals surface area contributed by atoms with Crippen LogP contribution in [0.5, 0.6) is 5.75 Å². The van der Waals surface area contributed by atoms with E-state index in [2.05, 4.69) is 17.4 Å². The Kier molecular flexibility index (Phi) is 5.59. The van der Waals surface area contributed by atoms with Crippen LogP contribution in [-0.2, 0) is 17.2 Å². The SMILES string of the molecule is COc1ccc(C2(CNC(=O)c3cc(=O)n(C)c4ccccc34)CCOCC2)cc1. The topological polar surface area (TPSA) is 69.6 Å². The van der Waals surface area contributed by atoms with E-state index in [0.717, 1.165) is 35.1 Å². The molecule has 1 fully saturated rings. The number of ether oxygens (including phenoxy) is 2. The number of carbonyl (C=O) groups is 1.